The fourth-order valence-corrected chi connectivity index (χ4v) is 11.3. The van der Waals surface area contributed by atoms with Crippen LogP contribution >= 0.6 is 0 Å². The summed E-state index contributed by atoms with van der Waals surface area (Å²) in [6.07, 6.45) is 15.6. The van der Waals surface area contributed by atoms with Crippen molar-refractivity contribution in [1.82, 2.24) is 13.9 Å². The monoisotopic (exact) mass is 613 g/mol. The van der Waals surface area contributed by atoms with Gasteiger partial charge in [0.1, 0.15) is 6.10 Å². The molecule has 2 bridgehead atoms. The standard InChI is InChI=1S/C38H51N3O4/c1-24(2)25(3)13-14-26(4)30-15-16-31-35(30,6)19-18-32-36(7)20-17-29(45-27(5)42)23-37(36)21-22-38(31,32)41-34(44)39(33(43)40(37)41)28-11-9-8-10-12-28/h8-14,21-22,24-26,29-32H,15-20,23H2,1-7H3/t25-,26+,29-,30+,31+,32+,35+,36+,37+,38-/m0/s1. The quantitative estimate of drug-likeness (QED) is 0.265. The fourth-order valence-electron chi connectivity index (χ4n) is 11.3. The number of rotatable bonds is 6. The van der Waals surface area contributed by atoms with Crippen molar-refractivity contribution >= 4 is 5.97 Å². The van der Waals surface area contributed by atoms with Gasteiger partial charge in [0.15, 0.2) is 0 Å². The van der Waals surface area contributed by atoms with Gasteiger partial charge in [-0.1, -0.05) is 84.0 Å². The molecule has 45 heavy (non-hydrogen) atoms. The average Bonchev–Trinajstić information content (AvgIpc) is 3.50. The summed E-state index contributed by atoms with van der Waals surface area (Å²) < 4.78 is 11.0. The second kappa shape index (κ2) is 10.2. The van der Waals surface area contributed by atoms with Crippen LogP contribution in [0.4, 0.5) is 0 Å². The number of esters is 1. The molecule has 2 aliphatic heterocycles. The molecule has 3 saturated carbocycles. The van der Waals surface area contributed by atoms with Gasteiger partial charge >= 0.3 is 17.3 Å². The summed E-state index contributed by atoms with van der Waals surface area (Å²) in [5.41, 5.74) is -1.49. The summed E-state index contributed by atoms with van der Waals surface area (Å²) in [5, 5.41) is 0. The molecular formula is C38H51N3O4. The predicted octanol–water partition coefficient (Wildman–Crippen LogP) is 6.82. The molecule has 1 aromatic heterocycles. The molecule has 7 heteroatoms. The first-order valence-corrected chi connectivity index (χ1v) is 17.4. The summed E-state index contributed by atoms with van der Waals surface area (Å²) in [6.45, 7) is 15.6. The number of carbonyl (C=O) groups excluding carboxylic acids is 1. The molecule has 3 heterocycles. The van der Waals surface area contributed by atoms with Gasteiger partial charge in [-0.3, -0.25) is 4.79 Å². The van der Waals surface area contributed by atoms with E-state index in [1.54, 1.807) is 0 Å². The molecule has 2 spiro atoms. The Morgan fingerprint density at radius 2 is 1.60 bits per heavy atom. The molecule has 7 nitrogen and oxygen atoms in total. The third kappa shape index (κ3) is 3.91. The largest absolute Gasteiger partial charge is 0.462 e. The Morgan fingerprint density at radius 1 is 0.889 bits per heavy atom. The number of allylic oxidation sites excluding steroid dienone is 4. The van der Waals surface area contributed by atoms with Gasteiger partial charge < -0.3 is 4.74 Å². The van der Waals surface area contributed by atoms with E-state index in [2.05, 4.69) is 65.8 Å². The average molecular weight is 614 g/mol. The lowest BCUT2D eigenvalue weighted by Gasteiger charge is -2.71. The molecule has 4 aliphatic carbocycles. The van der Waals surface area contributed by atoms with E-state index in [1.165, 1.54) is 11.5 Å². The highest BCUT2D eigenvalue weighted by molar-refractivity contribution is 5.66. The number of benzene rings is 1. The van der Waals surface area contributed by atoms with Crippen molar-refractivity contribution in [3.05, 3.63) is 75.6 Å². The lowest BCUT2D eigenvalue weighted by atomic mass is 9.40. The van der Waals surface area contributed by atoms with Gasteiger partial charge in [-0.15, -0.1) is 0 Å². The van der Waals surface area contributed by atoms with Crippen molar-refractivity contribution in [1.29, 1.82) is 0 Å². The molecule has 0 amide bonds. The molecule has 2 aromatic rings. The first-order chi connectivity index (χ1) is 21.3. The molecule has 6 aliphatic rings. The Kier molecular flexibility index (Phi) is 6.93. The Hall–Kier alpha value is -3.09. The van der Waals surface area contributed by atoms with E-state index in [1.807, 2.05) is 39.7 Å². The van der Waals surface area contributed by atoms with E-state index in [4.69, 9.17) is 4.74 Å². The van der Waals surface area contributed by atoms with Crippen molar-refractivity contribution < 1.29 is 9.53 Å². The lowest BCUT2D eigenvalue weighted by molar-refractivity contribution is -0.204. The van der Waals surface area contributed by atoms with Crippen LogP contribution in [0, 0.1) is 46.3 Å². The number of carbonyl (C=O) groups is 1. The van der Waals surface area contributed by atoms with Gasteiger partial charge in [0.05, 0.1) is 16.8 Å². The zero-order valence-electron chi connectivity index (χ0n) is 28.2. The Balaban J connectivity index is 1.42. The second-order valence-corrected chi connectivity index (χ2v) is 16.1. The highest BCUT2D eigenvalue weighted by Gasteiger charge is 2.75. The van der Waals surface area contributed by atoms with Crippen LogP contribution in [-0.2, 0) is 20.6 Å². The summed E-state index contributed by atoms with van der Waals surface area (Å²) in [4.78, 5) is 41.7. The second-order valence-electron chi connectivity index (χ2n) is 16.1. The zero-order valence-corrected chi connectivity index (χ0v) is 28.2. The summed E-state index contributed by atoms with van der Waals surface area (Å²) in [7, 11) is 0. The first kappa shape index (κ1) is 30.6. The minimum absolute atomic E-state index is 0.0312. The van der Waals surface area contributed by atoms with Crippen LogP contribution in [-0.4, -0.2) is 26.0 Å². The van der Waals surface area contributed by atoms with Crippen LogP contribution in [0.15, 0.2) is 64.2 Å². The highest BCUT2D eigenvalue weighted by atomic mass is 16.5. The van der Waals surface area contributed by atoms with Gasteiger partial charge in [0.25, 0.3) is 0 Å². The number of fused-ring (bicyclic) bond motifs is 1. The smallest absolute Gasteiger partial charge is 0.352 e. The highest BCUT2D eigenvalue weighted by Crippen LogP contribution is 2.74. The Labute approximate surface area is 267 Å². The predicted molar refractivity (Wildman–Crippen MR) is 176 cm³/mol. The van der Waals surface area contributed by atoms with E-state index in [-0.39, 0.29) is 46.1 Å². The Bertz CT molecular complexity index is 1680. The van der Waals surface area contributed by atoms with E-state index in [9.17, 15) is 14.4 Å². The maximum Gasteiger partial charge on any atom is 0.352 e. The number of hydrogen-bond donors (Lipinski definition) is 0. The van der Waals surface area contributed by atoms with Crippen molar-refractivity contribution in [3.8, 4) is 5.69 Å². The maximum absolute atomic E-state index is 14.8. The Morgan fingerprint density at radius 3 is 2.29 bits per heavy atom. The van der Waals surface area contributed by atoms with E-state index < -0.39 is 11.1 Å². The van der Waals surface area contributed by atoms with Crippen molar-refractivity contribution in [2.45, 2.75) is 111 Å². The summed E-state index contributed by atoms with van der Waals surface area (Å²) in [5.74, 6) is 2.24. The topological polar surface area (TPSA) is 75.2 Å². The van der Waals surface area contributed by atoms with Crippen LogP contribution in [0.5, 0.6) is 0 Å². The number of hydrogen-bond acceptors (Lipinski definition) is 4. The van der Waals surface area contributed by atoms with Gasteiger partial charge in [0, 0.05) is 18.8 Å². The summed E-state index contributed by atoms with van der Waals surface area (Å²) >= 11 is 0. The third-order valence-corrected chi connectivity index (χ3v) is 13.8. The van der Waals surface area contributed by atoms with Gasteiger partial charge in [-0.2, -0.15) is 0 Å². The van der Waals surface area contributed by atoms with Gasteiger partial charge in [-0.05, 0) is 91.6 Å². The number of nitrogens with zero attached hydrogens (tertiary/aromatic N) is 3. The number of para-hydroxylation sites is 1. The van der Waals surface area contributed by atoms with Crippen molar-refractivity contribution in [3.63, 3.8) is 0 Å². The van der Waals surface area contributed by atoms with E-state index in [0.717, 1.165) is 38.5 Å². The molecule has 242 valence electrons. The van der Waals surface area contributed by atoms with E-state index in [0.29, 0.717) is 35.8 Å². The fraction of sp³-hybridized carbons (Fsp3) is 0.658. The normalized spacial score (nSPS) is 39.3. The van der Waals surface area contributed by atoms with Crippen molar-refractivity contribution in [2.24, 2.45) is 46.3 Å². The molecule has 1 aromatic carbocycles. The van der Waals surface area contributed by atoms with E-state index >= 15 is 0 Å². The van der Waals surface area contributed by atoms with Crippen LogP contribution in [0.2, 0.25) is 0 Å². The molecule has 0 saturated heterocycles. The molecule has 8 rings (SSSR count). The SMILES string of the molecule is CC(=O)O[C@H]1CC[C@]2(C)[C@H]3CC[C@]4(C)[C@@H]([C@H](C)C=C[C@H](C)C(C)C)CC[C@H]4[C@@]34C=C[C@]2(C1)n1c(=O)n(-c2ccccc2)c(=O)n14. The van der Waals surface area contributed by atoms with Crippen LogP contribution in [0.25, 0.3) is 5.69 Å². The molecule has 3 fully saturated rings. The van der Waals surface area contributed by atoms with Crippen LogP contribution in [0.1, 0.15) is 93.4 Å². The molecule has 0 unspecified atom stereocenters. The van der Waals surface area contributed by atoms with Crippen molar-refractivity contribution in [2.75, 3.05) is 0 Å². The number of aromatic nitrogens is 3. The van der Waals surface area contributed by atoms with Crippen LogP contribution in [0.3, 0.4) is 0 Å². The minimum atomic E-state index is -0.747. The van der Waals surface area contributed by atoms with Crippen LogP contribution < -0.4 is 11.4 Å². The molecule has 0 N–H and O–H groups in total. The van der Waals surface area contributed by atoms with Gasteiger partial charge in [-0.25, -0.2) is 23.5 Å². The first-order valence-electron chi connectivity index (χ1n) is 17.4. The van der Waals surface area contributed by atoms with Gasteiger partial charge in [0.2, 0.25) is 0 Å². The summed E-state index contributed by atoms with van der Waals surface area (Å²) in [6, 6.07) is 9.37. The molecular weight excluding hydrogens is 562 g/mol. The zero-order chi connectivity index (χ0) is 32.1. The maximum atomic E-state index is 14.8. The number of ether oxygens (including phenoxy) is 1. The molecule has 0 radical (unpaired) electrons. The molecule has 10 atom stereocenters. The minimum Gasteiger partial charge on any atom is -0.462 e. The third-order valence-electron chi connectivity index (χ3n) is 13.8. The lowest BCUT2D eigenvalue weighted by Crippen LogP contribution is -2.76.